The first-order valence-corrected chi connectivity index (χ1v) is 6.72. The van der Waals surface area contributed by atoms with E-state index in [0.717, 1.165) is 11.3 Å². The Balaban J connectivity index is 1.72. The first kappa shape index (κ1) is 12.9. The minimum Gasteiger partial charge on any atom is -0.479 e. The smallest absolute Gasteiger partial charge is 0.179 e. The van der Waals surface area contributed by atoms with E-state index in [1.54, 1.807) is 18.5 Å². The summed E-state index contributed by atoms with van der Waals surface area (Å²) in [6.07, 6.45) is 2.92. The number of nitrogens with zero attached hydrogens (tertiary/aromatic N) is 1. The monoisotopic (exact) mass is 288 g/mol. The molecule has 0 fully saturated rings. The van der Waals surface area contributed by atoms with Gasteiger partial charge in [0.1, 0.15) is 5.75 Å². The second kappa shape index (κ2) is 5.51. The third kappa shape index (κ3) is 2.60. The Morgan fingerprint density at radius 2 is 2.25 bits per heavy atom. The maximum atomic E-state index is 12.3. The Hall–Kier alpha value is -2.07. The van der Waals surface area contributed by atoms with Gasteiger partial charge in [-0.15, -0.1) is 0 Å². The molecule has 1 aromatic heterocycles. The molecule has 3 rings (SSSR count). The second-order valence-electron chi connectivity index (χ2n) is 4.59. The molecule has 1 aromatic carbocycles. The van der Waals surface area contributed by atoms with Crippen LogP contribution in [0.3, 0.4) is 0 Å². The van der Waals surface area contributed by atoms with Gasteiger partial charge in [-0.3, -0.25) is 9.78 Å². The van der Waals surface area contributed by atoms with Gasteiger partial charge < -0.3 is 10.1 Å². The van der Waals surface area contributed by atoms with Gasteiger partial charge in [-0.1, -0.05) is 23.7 Å². The van der Waals surface area contributed by atoms with Gasteiger partial charge in [-0.25, -0.2) is 0 Å². The number of halogens is 1. The average molecular weight is 289 g/mol. The molecule has 1 unspecified atom stereocenters. The molecular weight excluding hydrogens is 276 g/mol. The van der Waals surface area contributed by atoms with Crippen LogP contribution in [0.4, 0.5) is 5.69 Å². The normalized spacial score (nSPS) is 16.8. The molecule has 0 aliphatic carbocycles. The highest BCUT2D eigenvalue weighted by atomic mass is 35.5. The third-order valence-electron chi connectivity index (χ3n) is 3.21. The largest absolute Gasteiger partial charge is 0.479 e. The topological polar surface area (TPSA) is 51.2 Å². The number of ether oxygens (including phenoxy) is 1. The summed E-state index contributed by atoms with van der Waals surface area (Å²) in [6.45, 7) is 0.471. The minimum atomic E-state index is -0.492. The van der Waals surface area contributed by atoms with Crippen LogP contribution < -0.4 is 10.1 Å². The zero-order valence-corrected chi connectivity index (χ0v) is 11.4. The zero-order valence-electron chi connectivity index (χ0n) is 10.7. The van der Waals surface area contributed by atoms with Crippen molar-refractivity contribution in [3.05, 3.63) is 53.3 Å². The summed E-state index contributed by atoms with van der Waals surface area (Å²) in [7, 11) is 0. The van der Waals surface area contributed by atoms with E-state index in [0.29, 0.717) is 17.3 Å². The molecule has 2 aromatic rings. The predicted octanol–water partition coefficient (Wildman–Crippen LogP) is 2.72. The third-order valence-corrected chi connectivity index (χ3v) is 3.55. The van der Waals surface area contributed by atoms with E-state index in [2.05, 4.69) is 10.3 Å². The van der Waals surface area contributed by atoms with Crippen LogP contribution in [0.2, 0.25) is 5.02 Å². The van der Waals surface area contributed by atoms with Crippen LogP contribution in [-0.2, 0) is 11.2 Å². The van der Waals surface area contributed by atoms with Crippen LogP contribution in [0.1, 0.15) is 5.56 Å². The molecule has 1 atom stereocenters. The number of nitrogens with one attached hydrogen (secondary N) is 1. The summed E-state index contributed by atoms with van der Waals surface area (Å²) in [5.41, 5.74) is 1.69. The van der Waals surface area contributed by atoms with Crippen LogP contribution in [0.25, 0.3) is 0 Å². The van der Waals surface area contributed by atoms with E-state index in [9.17, 15) is 4.79 Å². The highest BCUT2D eigenvalue weighted by molar-refractivity contribution is 6.31. The average Bonchev–Trinajstić information content (AvgIpc) is 2.49. The number of pyridine rings is 1. The number of rotatable bonds is 3. The number of aromatic nitrogens is 1. The molecule has 0 saturated heterocycles. The van der Waals surface area contributed by atoms with Gasteiger partial charge in [-0.2, -0.15) is 0 Å². The SMILES string of the molecule is O=C(Cc1ccncc1Cl)C1CNc2ccccc2O1. The summed E-state index contributed by atoms with van der Waals surface area (Å²) in [4.78, 5) is 16.2. The molecule has 0 amide bonds. The number of fused-ring (bicyclic) bond motifs is 1. The lowest BCUT2D eigenvalue weighted by atomic mass is 10.1. The van der Waals surface area contributed by atoms with Crippen molar-refractivity contribution in [2.45, 2.75) is 12.5 Å². The number of carbonyl (C=O) groups is 1. The van der Waals surface area contributed by atoms with Crippen molar-refractivity contribution in [2.24, 2.45) is 0 Å². The fourth-order valence-electron chi connectivity index (χ4n) is 2.14. The molecular formula is C15H13ClN2O2. The summed E-state index contributed by atoms with van der Waals surface area (Å²) in [6, 6.07) is 9.34. The van der Waals surface area contributed by atoms with Crippen LogP contribution >= 0.6 is 11.6 Å². The van der Waals surface area contributed by atoms with Crippen molar-refractivity contribution >= 4 is 23.1 Å². The minimum absolute atomic E-state index is 0.0000954. The lowest BCUT2D eigenvalue weighted by molar-refractivity contribution is -0.124. The predicted molar refractivity (Wildman–Crippen MR) is 77.3 cm³/mol. The summed E-state index contributed by atoms with van der Waals surface area (Å²) in [5.74, 6) is 0.707. The summed E-state index contributed by atoms with van der Waals surface area (Å²) < 4.78 is 5.74. The molecule has 1 aliphatic rings. The maximum Gasteiger partial charge on any atom is 0.179 e. The number of hydrogen-bond donors (Lipinski definition) is 1. The Kier molecular flexibility index (Phi) is 3.56. The van der Waals surface area contributed by atoms with Gasteiger partial charge in [0.05, 0.1) is 17.3 Å². The Bertz CT molecular complexity index is 645. The second-order valence-corrected chi connectivity index (χ2v) is 5.00. The molecule has 0 radical (unpaired) electrons. The highest BCUT2D eigenvalue weighted by Crippen LogP contribution is 2.28. The molecule has 4 nitrogen and oxygen atoms in total. The molecule has 1 aliphatic heterocycles. The molecule has 0 bridgehead atoms. The molecule has 102 valence electrons. The van der Waals surface area contributed by atoms with Gasteiger partial charge in [0.15, 0.2) is 11.9 Å². The van der Waals surface area contributed by atoms with Crippen molar-refractivity contribution in [1.82, 2.24) is 4.98 Å². The molecule has 0 spiro atoms. The van der Waals surface area contributed by atoms with E-state index in [4.69, 9.17) is 16.3 Å². The van der Waals surface area contributed by atoms with Gasteiger partial charge in [0.2, 0.25) is 0 Å². The van der Waals surface area contributed by atoms with E-state index < -0.39 is 6.10 Å². The van der Waals surface area contributed by atoms with E-state index >= 15 is 0 Å². The van der Waals surface area contributed by atoms with Crippen LogP contribution in [0, 0.1) is 0 Å². The van der Waals surface area contributed by atoms with E-state index in [-0.39, 0.29) is 12.2 Å². The number of anilines is 1. The Labute approximate surface area is 121 Å². The molecule has 1 N–H and O–H groups in total. The number of carbonyl (C=O) groups excluding carboxylic acids is 1. The van der Waals surface area contributed by atoms with E-state index in [1.165, 1.54) is 0 Å². The number of para-hydroxylation sites is 2. The number of Topliss-reactive ketones (excluding diaryl/α,β-unsaturated/α-hetero) is 1. The van der Waals surface area contributed by atoms with Crippen molar-refractivity contribution in [3.63, 3.8) is 0 Å². The van der Waals surface area contributed by atoms with Gasteiger partial charge in [0, 0.05) is 18.8 Å². The fourth-order valence-corrected chi connectivity index (χ4v) is 2.33. The Morgan fingerprint density at radius 1 is 1.40 bits per heavy atom. The van der Waals surface area contributed by atoms with Crippen molar-refractivity contribution < 1.29 is 9.53 Å². The summed E-state index contributed by atoms with van der Waals surface area (Å²) >= 11 is 6.02. The molecule has 0 saturated carbocycles. The maximum absolute atomic E-state index is 12.3. The number of hydrogen-bond acceptors (Lipinski definition) is 4. The quantitative estimate of drug-likeness (QED) is 0.943. The van der Waals surface area contributed by atoms with Crippen molar-refractivity contribution in [1.29, 1.82) is 0 Å². The van der Waals surface area contributed by atoms with Crippen molar-refractivity contribution in [2.75, 3.05) is 11.9 Å². The summed E-state index contributed by atoms with van der Waals surface area (Å²) in [5, 5.41) is 3.71. The van der Waals surface area contributed by atoms with Gasteiger partial charge >= 0.3 is 0 Å². The molecule has 2 heterocycles. The van der Waals surface area contributed by atoms with Crippen LogP contribution in [0.15, 0.2) is 42.7 Å². The van der Waals surface area contributed by atoms with Crippen LogP contribution in [-0.4, -0.2) is 23.4 Å². The molecule has 20 heavy (non-hydrogen) atoms. The zero-order chi connectivity index (χ0) is 13.9. The standard InChI is InChI=1S/C15H13ClN2O2/c16-11-8-17-6-5-10(11)7-13(19)15-9-18-12-3-1-2-4-14(12)20-15/h1-6,8,15,18H,7,9H2. The van der Waals surface area contributed by atoms with Gasteiger partial charge in [-0.05, 0) is 23.8 Å². The fraction of sp³-hybridized carbons (Fsp3) is 0.200. The lowest BCUT2D eigenvalue weighted by Gasteiger charge is -2.26. The first-order chi connectivity index (χ1) is 9.74. The van der Waals surface area contributed by atoms with Gasteiger partial charge in [0.25, 0.3) is 0 Å². The first-order valence-electron chi connectivity index (χ1n) is 6.34. The number of ketones is 1. The molecule has 5 heteroatoms. The Morgan fingerprint density at radius 3 is 3.10 bits per heavy atom. The number of benzene rings is 1. The van der Waals surface area contributed by atoms with E-state index in [1.807, 2.05) is 24.3 Å². The van der Waals surface area contributed by atoms with Crippen LogP contribution in [0.5, 0.6) is 5.75 Å². The van der Waals surface area contributed by atoms with Crippen molar-refractivity contribution in [3.8, 4) is 5.75 Å². The lowest BCUT2D eigenvalue weighted by Crippen LogP contribution is -2.38. The highest BCUT2D eigenvalue weighted by Gasteiger charge is 2.25.